The molecule has 0 radical (unpaired) electrons. The van der Waals surface area contributed by atoms with Gasteiger partial charge in [-0.15, -0.1) is 0 Å². The molecule has 1 aromatic rings. The van der Waals surface area contributed by atoms with Crippen molar-refractivity contribution in [3.8, 4) is 0 Å². The third-order valence-corrected chi connectivity index (χ3v) is 4.03. The van der Waals surface area contributed by atoms with Crippen molar-refractivity contribution < 1.29 is 12.8 Å². The Balaban J connectivity index is 2.89. The van der Waals surface area contributed by atoms with E-state index in [0.717, 1.165) is 0 Å². The lowest BCUT2D eigenvalue weighted by atomic mass is 10.2. The summed E-state index contributed by atoms with van der Waals surface area (Å²) in [7, 11) is -1.35. The van der Waals surface area contributed by atoms with Crippen molar-refractivity contribution in [2.75, 3.05) is 36.2 Å². The molecule has 0 saturated heterocycles. The molecule has 17 heavy (non-hydrogen) atoms. The third kappa shape index (κ3) is 4.30. The van der Waals surface area contributed by atoms with Crippen molar-refractivity contribution in [1.82, 2.24) is 0 Å². The number of anilines is 2. The van der Waals surface area contributed by atoms with Crippen molar-refractivity contribution >= 4 is 43.8 Å². The number of rotatable bonds is 4. The van der Waals surface area contributed by atoms with Gasteiger partial charge in [0.15, 0.2) is 0 Å². The maximum atomic E-state index is 13.4. The van der Waals surface area contributed by atoms with Crippen molar-refractivity contribution in [2.24, 2.45) is 0 Å². The SMILES string of the molecule is CN(CCS(C)(=O)=O)c1cc(F)c(I)cc1N. The van der Waals surface area contributed by atoms with Crippen LogP contribution < -0.4 is 10.6 Å². The molecular weight excluding hydrogens is 358 g/mol. The molecule has 7 heteroatoms. The van der Waals surface area contributed by atoms with Crippen LogP contribution in [0.15, 0.2) is 12.1 Å². The van der Waals surface area contributed by atoms with Crippen LogP contribution in [0.2, 0.25) is 0 Å². The Morgan fingerprint density at radius 3 is 2.59 bits per heavy atom. The van der Waals surface area contributed by atoms with Gasteiger partial charge in [0.2, 0.25) is 0 Å². The van der Waals surface area contributed by atoms with Crippen LogP contribution in [0.4, 0.5) is 15.8 Å². The first-order chi connectivity index (χ1) is 7.70. The van der Waals surface area contributed by atoms with Gasteiger partial charge in [-0.2, -0.15) is 0 Å². The molecule has 1 rings (SSSR count). The Hall–Kier alpha value is -0.570. The van der Waals surface area contributed by atoms with Gasteiger partial charge in [-0.1, -0.05) is 0 Å². The number of hydrogen-bond acceptors (Lipinski definition) is 4. The average molecular weight is 372 g/mol. The van der Waals surface area contributed by atoms with Crippen LogP contribution >= 0.6 is 22.6 Å². The molecule has 0 aromatic heterocycles. The van der Waals surface area contributed by atoms with Crippen molar-refractivity contribution in [1.29, 1.82) is 0 Å². The first-order valence-electron chi connectivity index (χ1n) is 4.84. The number of benzene rings is 1. The highest BCUT2D eigenvalue weighted by molar-refractivity contribution is 14.1. The lowest BCUT2D eigenvalue weighted by molar-refractivity contribution is 0.601. The normalized spacial score (nSPS) is 11.5. The van der Waals surface area contributed by atoms with E-state index in [-0.39, 0.29) is 18.1 Å². The van der Waals surface area contributed by atoms with Crippen LogP contribution in [0.3, 0.4) is 0 Å². The van der Waals surface area contributed by atoms with E-state index in [0.29, 0.717) is 14.9 Å². The van der Waals surface area contributed by atoms with Crippen LogP contribution in [-0.4, -0.2) is 34.0 Å². The number of nitrogens with two attached hydrogens (primary N) is 1. The summed E-state index contributed by atoms with van der Waals surface area (Å²) in [6, 6.07) is 2.85. The molecule has 0 aliphatic carbocycles. The summed E-state index contributed by atoms with van der Waals surface area (Å²) in [6.07, 6.45) is 1.17. The maximum Gasteiger partial charge on any atom is 0.149 e. The first-order valence-corrected chi connectivity index (χ1v) is 7.98. The second-order valence-electron chi connectivity index (χ2n) is 3.88. The zero-order valence-electron chi connectivity index (χ0n) is 9.57. The smallest absolute Gasteiger partial charge is 0.149 e. The minimum Gasteiger partial charge on any atom is -0.397 e. The molecule has 0 heterocycles. The Morgan fingerprint density at radius 2 is 2.06 bits per heavy atom. The summed E-state index contributed by atoms with van der Waals surface area (Å²) in [5, 5.41) is 0. The van der Waals surface area contributed by atoms with Gasteiger partial charge in [-0.3, -0.25) is 0 Å². The van der Waals surface area contributed by atoms with E-state index in [4.69, 9.17) is 5.73 Å². The van der Waals surface area contributed by atoms with E-state index in [1.165, 1.54) is 18.4 Å². The van der Waals surface area contributed by atoms with Gasteiger partial charge in [0.25, 0.3) is 0 Å². The summed E-state index contributed by atoms with van der Waals surface area (Å²) >= 11 is 1.85. The second kappa shape index (κ2) is 5.38. The Kier molecular flexibility index (Phi) is 4.59. The van der Waals surface area contributed by atoms with E-state index in [2.05, 4.69) is 0 Å². The zero-order chi connectivity index (χ0) is 13.2. The second-order valence-corrected chi connectivity index (χ2v) is 7.30. The number of sulfone groups is 1. The van der Waals surface area contributed by atoms with Gasteiger partial charge in [0, 0.05) is 25.9 Å². The topological polar surface area (TPSA) is 63.4 Å². The fraction of sp³-hybridized carbons (Fsp3) is 0.400. The number of nitrogens with zero attached hydrogens (tertiary/aromatic N) is 1. The molecule has 0 atom stereocenters. The minimum atomic E-state index is -3.04. The lowest BCUT2D eigenvalue weighted by Crippen LogP contribution is -2.25. The van der Waals surface area contributed by atoms with Crippen molar-refractivity contribution in [3.05, 3.63) is 21.5 Å². The maximum absolute atomic E-state index is 13.4. The number of nitrogen functional groups attached to an aromatic ring is 1. The van der Waals surface area contributed by atoms with E-state index < -0.39 is 9.84 Å². The molecule has 0 fully saturated rings. The van der Waals surface area contributed by atoms with E-state index in [1.54, 1.807) is 11.9 Å². The number of hydrogen-bond donors (Lipinski definition) is 1. The fourth-order valence-electron chi connectivity index (χ4n) is 1.31. The molecule has 0 aliphatic rings. The Labute approximate surface area is 114 Å². The Bertz CT molecular complexity index is 519. The zero-order valence-corrected chi connectivity index (χ0v) is 12.5. The molecule has 0 amide bonds. The summed E-state index contributed by atoms with van der Waals surface area (Å²) in [4.78, 5) is 1.63. The fourth-order valence-corrected chi connectivity index (χ4v) is 2.40. The summed E-state index contributed by atoms with van der Waals surface area (Å²) in [5.41, 5.74) is 6.71. The van der Waals surface area contributed by atoms with Gasteiger partial charge in [-0.05, 0) is 28.7 Å². The predicted molar refractivity (Wildman–Crippen MR) is 76.5 cm³/mol. The first kappa shape index (κ1) is 14.5. The van der Waals surface area contributed by atoms with Gasteiger partial charge >= 0.3 is 0 Å². The average Bonchev–Trinajstić information content (AvgIpc) is 2.19. The molecule has 0 bridgehead atoms. The molecule has 0 saturated carbocycles. The molecule has 96 valence electrons. The van der Waals surface area contributed by atoms with Crippen LogP contribution in [0.1, 0.15) is 0 Å². The van der Waals surface area contributed by atoms with Gasteiger partial charge in [-0.25, -0.2) is 12.8 Å². The van der Waals surface area contributed by atoms with Crippen LogP contribution in [-0.2, 0) is 9.84 Å². The molecular formula is C10H14FIN2O2S. The molecule has 2 N–H and O–H groups in total. The summed E-state index contributed by atoms with van der Waals surface area (Å²) < 4.78 is 35.9. The van der Waals surface area contributed by atoms with Crippen LogP contribution in [0.25, 0.3) is 0 Å². The van der Waals surface area contributed by atoms with E-state index in [1.807, 2.05) is 22.6 Å². The van der Waals surface area contributed by atoms with Crippen molar-refractivity contribution in [2.45, 2.75) is 0 Å². The van der Waals surface area contributed by atoms with Crippen molar-refractivity contribution in [3.63, 3.8) is 0 Å². The Morgan fingerprint density at radius 1 is 1.47 bits per heavy atom. The molecule has 0 aliphatic heterocycles. The van der Waals surface area contributed by atoms with Gasteiger partial charge in [0.05, 0.1) is 20.7 Å². The monoisotopic (exact) mass is 372 g/mol. The summed E-state index contributed by atoms with van der Waals surface area (Å²) in [6.45, 7) is 0.281. The largest absolute Gasteiger partial charge is 0.397 e. The molecule has 0 spiro atoms. The highest BCUT2D eigenvalue weighted by Crippen LogP contribution is 2.26. The minimum absolute atomic E-state index is 0.0105. The van der Waals surface area contributed by atoms with Crippen LogP contribution in [0.5, 0.6) is 0 Å². The van der Waals surface area contributed by atoms with E-state index in [9.17, 15) is 12.8 Å². The quantitative estimate of drug-likeness (QED) is 0.643. The highest BCUT2D eigenvalue weighted by atomic mass is 127. The highest BCUT2D eigenvalue weighted by Gasteiger charge is 2.11. The molecule has 1 aromatic carbocycles. The number of halogens is 2. The third-order valence-electron chi connectivity index (χ3n) is 2.28. The van der Waals surface area contributed by atoms with Crippen LogP contribution in [0, 0.1) is 9.39 Å². The molecule has 0 unspecified atom stereocenters. The summed E-state index contributed by atoms with van der Waals surface area (Å²) in [5.74, 6) is -0.350. The standard InChI is InChI=1S/C10H14FIN2O2S/c1-14(3-4-17(2,15)16)10-5-7(11)8(12)6-9(10)13/h5-6H,3-4,13H2,1-2H3. The van der Waals surface area contributed by atoms with E-state index >= 15 is 0 Å². The molecule has 4 nitrogen and oxygen atoms in total. The predicted octanol–water partition coefficient (Wildman–Crippen LogP) is 1.49. The lowest BCUT2D eigenvalue weighted by Gasteiger charge is -2.21. The van der Waals surface area contributed by atoms with Gasteiger partial charge in [0.1, 0.15) is 15.7 Å². The van der Waals surface area contributed by atoms with Gasteiger partial charge < -0.3 is 10.6 Å².